The molecule has 4 rings (SSSR count). The molecule has 1 atom stereocenters. The fraction of sp³-hybridized carbons (Fsp3) is 0.158. The maximum absolute atomic E-state index is 12.9. The standard InChI is InChI=1S/C19H16N4O3S/c1-10(18-22-13-5-3-4-6-15(13)27-18)23(2)19(26)11-7-8-12-14(9-11)21-17(25)16(24)20-12/h3-10H,1-2H3,(H,20,24)(H,21,25). The summed E-state index contributed by atoms with van der Waals surface area (Å²) in [5, 5.41) is 0.852. The zero-order valence-electron chi connectivity index (χ0n) is 14.6. The minimum Gasteiger partial charge on any atom is -0.333 e. The molecule has 0 saturated carbocycles. The van der Waals surface area contributed by atoms with Crippen LogP contribution in [-0.2, 0) is 0 Å². The number of nitrogens with one attached hydrogen (secondary N) is 2. The summed E-state index contributed by atoms with van der Waals surface area (Å²) < 4.78 is 1.08. The summed E-state index contributed by atoms with van der Waals surface area (Å²) in [7, 11) is 1.72. The Morgan fingerprint density at radius 1 is 1.07 bits per heavy atom. The van der Waals surface area contributed by atoms with Crippen LogP contribution < -0.4 is 11.1 Å². The lowest BCUT2D eigenvalue weighted by Crippen LogP contribution is -2.30. The van der Waals surface area contributed by atoms with Crippen molar-refractivity contribution < 1.29 is 4.79 Å². The number of H-pyrrole nitrogens is 2. The zero-order valence-corrected chi connectivity index (χ0v) is 15.5. The molecule has 0 aliphatic carbocycles. The van der Waals surface area contributed by atoms with Gasteiger partial charge in [-0.3, -0.25) is 14.4 Å². The Balaban J connectivity index is 1.66. The van der Waals surface area contributed by atoms with Crippen molar-refractivity contribution in [2.24, 2.45) is 0 Å². The maximum Gasteiger partial charge on any atom is 0.314 e. The van der Waals surface area contributed by atoms with Crippen LogP contribution in [0.2, 0.25) is 0 Å². The fourth-order valence-electron chi connectivity index (χ4n) is 2.86. The highest BCUT2D eigenvalue weighted by molar-refractivity contribution is 7.18. The van der Waals surface area contributed by atoms with Gasteiger partial charge in [0.05, 0.1) is 27.3 Å². The summed E-state index contributed by atoms with van der Waals surface area (Å²) in [5.74, 6) is -0.198. The molecule has 1 amide bonds. The smallest absolute Gasteiger partial charge is 0.314 e. The topological polar surface area (TPSA) is 98.9 Å². The van der Waals surface area contributed by atoms with E-state index in [2.05, 4.69) is 15.0 Å². The Bertz CT molecular complexity index is 1250. The number of amides is 1. The van der Waals surface area contributed by atoms with E-state index < -0.39 is 11.1 Å². The molecule has 2 aromatic carbocycles. The number of para-hydroxylation sites is 1. The summed E-state index contributed by atoms with van der Waals surface area (Å²) in [6, 6.07) is 12.4. The van der Waals surface area contributed by atoms with Crippen LogP contribution in [0.4, 0.5) is 0 Å². The van der Waals surface area contributed by atoms with Gasteiger partial charge in [-0.15, -0.1) is 11.3 Å². The minimum atomic E-state index is -0.747. The highest BCUT2D eigenvalue weighted by Crippen LogP contribution is 2.29. The molecule has 8 heteroatoms. The number of carbonyl (C=O) groups is 1. The van der Waals surface area contributed by atoms with E-state index in [1.54, 1.807) is 41.5 Å². The largest absolute Gasteiger partial charge is 0.333 e. The van der Waals surface area contributed by atoms with Crippen LogP contribution in [0.5, 0.6) is 0 Å². The van der Waals surface area contributed by atoms with Gasteiger partial charge < -0.3 is 14.9 Å². The summed E-state index contributed by atoms with van der Waals surface area (Å²) in [4.78, 5) is 47.0. The molecule has 0 aliphatic heterocycles. The Morgan fingerprint density at radius 2 is 1.78 bits per heavy atom. The van der Waals surface area contributed by atoms with Crippen molar-refractivity contribution in [3.05, 3.63) is 73.7 Å². The number of carbonyl (C=O) groups excluding carboxylic acids is 1. The van der Waals surface area contributed by atoms with Gasteiger partial charge in [-0.1, -0.05) is 12.1 Å². The highest BCUT2D eigenvalue weighted by Gasteiger charge is 2.22. The van der Waals surface area contributed by atoms with Gasteiger partial charge in [-0.2, -0.15) is 0 Å². The second kappa shape index (κ2) is 6.48. The molecule has 136 valence electrons. The molecule has 0 fully saturated rings. The summed E-state index contributed by atoms with van der Waals surface area (Å²) in [6.07, 6.45) is 0. The molecule has 27 heavy (non-hydrogen) atoms. The molecule has 0 spiro atoms. The first kappa shape index (κ1) is 17.2. The van der Waals surface area contributed by atoms with E-state index in [1.165, 1.54) is 0 Å². The SMILES string of the molecule is CC(c1nc2ccccc2s1)N(C)C(=O)c1ccc2[nH]c(=O)c(=O)[nH]c2c1. The predicted molar refractivity (Wildman–Crippen MR) is 105 cm³/mol. The molecule has 2 N–H and O–H groups in total. The van der Waals surface area contributed by atoms with Gasteiger partial charge in [0.2, 0.25) is 0 Å². The number of thiazole rings is 1. The van der Waals surface area contributed by atoms with E-state index in [9.17, 15) is 14.4 Å². The van der Waals surface area contributed by atoms with Crippen molar-refractivity contribution in [3.63, 3.8) is 0 Å². The van der Waals surface area contributed by atoms with Crippen LogP contribution in [0.25, 0.3) is 21.3 Å². The van der Waals surface area contributed by atoms with Crippen LogP contribution in [0.3, 0.4) is 0 Å². The van der Waals surface area contributed by atoms with Crippen molar-refractivity contribution in [3.8, 4) is 0 Å². The molecule has 1 unspecified atom stereocenters. The summed E-state index contributed by atoms with van der Waals surface area (Å²) in [5.41, 5.74) is 0.744. The second-order valence-corrected chi connectivity index (χ2v) is 7.34. The number of aromatic nitrogens is 3. The number of fused-ring (bicyclic) bond motifs is 2. The van der Waals surface area contributed by atoms with Crippen molar-refractivity contribution >= 4 is 38.5 Å². The Kier molecular flexibility index (Phi) is 4.12. The number of rotatable bonds is 3. The third-order valence-corrected chi connectivity index (χ3v) is 5.74. The van der Waals surface area contributed by atoms with Crippen molar-refractivity contribution in [2.45, 2.75) is 13.0 Å². The van der Waals surface area contributed by atoms with Crippen molar-refractivity contribution in [1.29, 1.82) is 0 Å². The molecule has 0 saturated heterocycles. The average molecular weight is 380 g/mol. The second-order valence-electron chi connectivity index (χ2n) is 6.28. The maximum atomic E-state index is 12.9. The molecular weight excluding hydrogens is 364 g/mol. The minimum absolute atomic E-state index is 0.198. The highest BCUT2D eigenvalue weighted by atomic mass is 32.1. The monoisotopic (exact) mass is 380 g/mol. The number of benzene rings is 2. The van der Waals surface area contributed by atoms with Gasteiger partial charge in [0.25, 0.3) is 5.91 Å². The van der Waals surface area contributed by atoms with E-state index in [1.807, 2.05) is 31.2 Å². The van der Waals surface area contributed by atoms with Gasteiger partial charge in [-0.25, -0.2) is 4.98 Å². The molecule has 4 aromatic rings. The van der Waals surface area contributed by atoms with E-state index >= 15 is 0 Å². The van der Waals surface area contributed by atoms with E-state index in [0.717, 1.165) is 15.2 Å². The molecule has 2 aromatic heterocycles. The van der Waals surface area contributed by atoms with Crippen LogP contribution in [0, 0.1) is 0 Å². The average Bonchev–Trinajstić information content (AvgIpc) is 3.11. The van der Waals surface area contributed by atoms with Gasteiger partial charge >= 0.3 is 11.1 Å². The number of aromatic amines is 2. The Morgan fingerprint density at radius 3 is 2.52 bits per heavy atom. The number of nitrogens with zero attached hydrogens (tertiary/aromatic N) is 2. The van der Waals surface area contributed by atoms with E-state index in [0.29, 0.717) is 16.6 Å². The summed E-state index contributed by atoms with van der Waals surface area (Å²) >= 11 is 1.56. The Labute approximate surface area is 157 Å². The first-order chi connectivity index (χ1) is 12.9. The molecule has 0 aliphatic rings. The van der Waals surface area contributed by atoms with Crippen LogP contribution in [0.15, 0.2) is 52.1 Å². The van der Waals surface area contributed by atoms with Crippen molar-refractivity contribution in [2.75, 3.05) is 7.05 Å². The predicted octanol–water partition coefficient (Wildman–Crippen LogP) is 2.66. The molecular formula is C19H16N4O3S. The van der Waals surface area contributed by atoms with Crippen LogP contribution >= 0.6 is 11.3 Å². The fourth-order valence-corrected chi connectivity index (χ4v) is 3.92. The van der Waals surface area contributed by atoms with Crippen molar-refractivity contribution in [1.82, 2.24) is 19.9 Å². The van der Waals surface area contributed by atoms with Crippen LogP contribution in [-0.4, -0.2) is 32.8 Å². The zero-order chi connectivity index (χ0) is 19.1. The van der Waals surface area contributed by atoms with E-state index in [4.69, 9.17) is 0 Å². The number of hydrogen-bond acceptors (Lipinski definition) is 5. The molecule has 7 nitrogen and oxygen atoms in total. The normalized spacial score (nSPS) is 12.4. The lowest BCUT2D eigenvalue weighted by molar-refractivity contribution is 0.0742. The lowest BCUT2D eigenvalue weighted by atomic mass is 10.1. The molecule has 2 heterocycles. The molecule has 0 radical (unpaired) electrons. The molecule has 0 bridgehead atoms. The van der Waals surface area contributed by atoms with Gasteiger partial charge in [0.1, 0.15) is 5.01 Å². The first-order valence-corrected chi connectivity index (χ1v) is 9.14. The van der Waals surface area contributed by atoms with Gasteiger partial charge in [0, 0.05) is 12.6 Å². The van der Waals surface area contributed by atoms with Gasteiger partial charge in [0.15, 0.2) is 0 Å². The lowest BCUT2D eigenvalue weighted by Gasteiger charge is -2.23. The third-order valence-electron chi connectivity index (χ3n) is 4.54. The van der Waals surface area contributed by atoms with E-state index in [-0.39, 0.29) is 11.9 Å². The quantitative estimate of drug-likeness (QED) is 0.534. The Hall–Kier alpha value is -3.26. The third kappa shape index (κ3) is 3.04. The van der Waals surface area contributed by atoms with Crippen LogP contribution in [0.1, 0.15) is 28.3 Å². The number of hydrogen-bond donors (Lipinski definition) is 2. The summed E-state index contributed by atoms with van der Waals surface area (Å²) in [6.45, 7) is 1.93. The van der Waals surface area contributed by atoms with Gasteiger partial charge in [-0.05, 0) is 37.3 Å². The first-order valence-electron chi connectivity index (χ1n) is 8.33.